The van der Waals surface area contributed by atoms with Crippen LogP contribution >= 0.6 is 11.3 Å². The molecule has 2 atom stereocenters. The molecule has 1 aliphatic heterocycles. The van der Waals surface area contributed by atoms with Gasteiger partial charge in [0.25, 0.3) is 5.91 Å². The molecule has 3 heterocycles. The molecule has 2 aromatic rings. The van der Waals surface area contributed by atoms with Gasteiger partial charge in [0, 0.05) is 17.0 Å². The van der Waals surface area contributed by atoms with E-state index in [4.69, 9.17) is 4.74 Å². The van der Waals surface area contributed by atoms with Crippen molar-refractivity contribution in [3.8, 4) is 5.88 Å². The molecule has 134 valence electrons. The minimum Gasteiger partial charge on any atom is -0.467 e. The van der Waals surface area contributed by atoms with Gasteiger partial charge in [-0.3, -0.25) is 4.79 Å². The third kappa shape index (κ3) is 3.12. The summed E-state index contributed by atoms with van der Waals surface area (Å²) in [7, 11) is 0. The Bertz CT molecular complexity index is 778. The molecule has 4 rings (SSSR count). The molecule has 1 aliphatic carbocycles. The van der Waals surface area contributed by atoms with Gasteiger partial charge >= 0.3 is 0 Å². The van der Waals surface area contributed by atoms with Crippen molar-refractivity contribution in [2.45, 2.75) is 70.9 Å². The van der Waals surface area contributed by atoms with Gasteiger partial charge in [0.15, 0.2) is 6.61 Å². The van der Waals surface area contributed by atoms with Gasteiger partial charge in [-0.15, -0.1) is 11.3 Å². The molecule has 0 N–H and O–H groups in total. The summed E-state index contributed by atoms with van der Waals surface area (Å²) in [6.07, 6.45) is 9.53. The number of carbonyl (C=O) groups excluding carboxylic acids is 1. The van der Waals surface area contributed by atoms with Crippen molar-refractivity contribution in [1.82, 2.24) is 14.9 Å². The minimum atomic E-state index is 0.0609. The molecule has 0 spiro atoms. The van der Waals surface area contributed by atoms with Crippen LogP contribution in [0.25, 0.3) is 10.2 Å². The largest absolute Gasteiger partial charge is 0.467 e. The quantitative estimate of drug-likeness (QED) is 0.838. The molecule has 1 fully saturated rings. The summed E-state index contributed by atoms with van der Waals surface area (Å²) in [6.45, 7) is 4.32. The van der Waals surface area contributed by atoms with Crippen LogP contribution in [0.5, 0.6) is 5.88 Å². The van der Waals surface area contributed by atoms with E-state index < -0.39 is 0 Å². The average Bonchev–Trinajstić information content (AvgIpc) is 2.99. The molecule has 2 aromatic heterocycles. The molecule has 25 heavy (non-hydrogen) atoms. The predicted octanol–water partition coefficient (Wildman–Crippen LogP) is 3.74. The maximum Gasteiger partial charge on any atom is 0.261 e. The molecule has 0 aromatic carbocycles. The Morgan fingerprint density at radius 2 is 1.96 bits per heavy atom. The van der Waals surface area contributed by atoms with E-state index >= 15 is 0 Å². The first-order valence-electron chi connectivity index (χ1n) is 9.34. The van der Waals surface area contributed by atoms with Gasteiger partial charge < -0.3 is 9.64 Å². The molecule has 0 bridgehead atoms. The second kappa shape index (κ2) is 6.90. The second-order valence-corrected chi connectivity index (χ2v) is 8.37. The van der Waals surface area contributed by atoms with E-state index in [0.717, 1.165) is 35.9 Å². The van der Waals surface area contributed by atoms with Crippen LogP contribution in [0.4, 0.5) is 0 Å². The highest BCUT2D eigenvalue weighted by molar-refractivity contribution is 7.18. The fourth-order valence-corrected chi connectivity index (χ4v) is 5.51. The van der Waals surface area contributed by atoms with Crippen LogP contribution in [0.2, 0.25) is 0 Å². The van der Waals surface area contributed by atoms with E-state index in [0.29, 0.717) is 18.0 Å². The molecule has 0 saturated carbocycles. The zero-order chi connectivity index (χ0) is 17.4. The highest BCUT2D eigenvalue weighted by Crippen LogP contribution is 2.39. The number of hydrogen-bond acceptors (Lipinski definition) is 5. The number of aryl methyl sites for hydroxylation is 2. The summed E-state index contributed by atoms with van der Waals surface area (Å²) in [5.74, 6) is 0.644. The number of carbonyl (C=O) groups is 1. The van der Waals surface area contributed by atoms with E-state index in [-0.39, 0.29) is 12.5 Å². The second-order valence-electron chi connectivity index (χ2n) is 7.29. The van der Waals surface area contributed by atoms with Gasteiger partial charge in [0.2, 0.25) is 5.88 Å². The van der Waals surface area contributed by atoms with Gasteiger partial charge in [-0.25, -0.2) is 9.97 Å². The summed E-state index contributed by atoms with van der Waals surface area (Å²) in [4.78, 5) is 25.9. The molecule has 0 unspecified atom stereocenters. The average molecular weight is 359 g/mol. The molecule has 2 aliphatic rings. The lowest BCUT2D eigenvalue weighted by molar-refractivity contribution is -0.139. The van der Waals surface area contributed by atoms with Gasteiger partial charge in [-0.05, 0) is 64.4 Å². The number of likely N-dealkylation sites (tertiary alicyclic amines) is 1. The van der Waals surface area contributed by atoms with Crippen LogP contribution in [0.1, 0.15) is 56.4 Å². The molecule has 6 heteroatoms. The summed E-state index contributed by atoms with van der Waals surface area (Å²) in [6, 6.07) is 0.582. The molecule has 0 radical (unpaired) electrons. The Morgan fingerprint density at radius 3 is 2.76 bits per heavy atom. The van der Waals surface area contributed by atoms with Crippen molar-refractivity contribution in [3.05, 3.63) is 16.8 Å². The van der Waals surface area contributed by atoms with Crippen molar-refractivity contribution in [3.63, 3.8) is 0 Å². The molecule has 1 saturated heterocycles. The fourth-order valence-electron chi connectivity index (χ4n) is 4.29. The van der Waals surface area contributed by atoms with Crippen molar-refractivity contribution < 1.29 is 9.53 Å². The number of fused-ring (bicyclic) bond motifs is 3. The molecular weight excluding hydrogens is 334 g/mol. The van der Waals surface area contributed by atoms with Crippen molar-refractivity contribution in [1.29, 1.82) is 0 Å². The first-order chi connectivity index (χ1) is 12.1. The number of nitrogens with zero attached hydrogens (tertiary/aromatic N) is 3. The Kier molecular flexibility index (Phi) is 4.63. The molecule has 1 amide bonds. The van der Waals surface area contributed by atoms with Gasteiger partial charge in [-0.2, -0.15) is 0 Å². The third-order valence-corrected chi connectivity index (χ3v) is 6.73. The Balaban J connectivity index is 1.55. The zero-order valence-corrected chi connectivity index (χ0v) is 15.8. The highest BCUT2D eigenvalue weighted by Gasteiger charge is 2.29. The molecule has 5 nitrogen and oxygen atoms in total. The standard InChI is InChI=1S/C19H25N3O2S/c1-12-6-5-7-13(2)22(12)16(23)10-24-18-17-14-8-3-4-9-15(14)25-19(17)21-11-20-18/h11-13H,3-10H2,1-2H3/t12-,13+. The maximum atomic E-state index is 12.7. The van der Waals surface area contributed by atoms with E-state index in [1.165, 1.54) is 29.7 Å². The Morgan fingerprint density at radius 1 is 1.20 bits per heavy atom. The van der Waals surface area contributed by atoms with Crippen LogP contribution in [0.15, 0.2) is 6.33 Å². The highest BCUT2D eigenvalue weighted by atomic mass is 32.1. The first kappa shape index (κ1) is 16.8. The lowest BCUT2D eigenvalue weighted by atomic mass is 9.97. The van der Waals surface area contributed by atoms with E-state index in [9.17, 15) is 4.79 Å². The Labute approximate surface area is 152 Å². The fraction of sp³-hybridized carbons (Fsp3) is 0.632. The first-order valence-corrected chi connectivity index (χ1v) is 10.2. The van der Waals surface area contributed by atoms with Crippen LogP contribution in [-0.4, -0.2) is 39.5 Å². The smallest absolute Gasteiger partial charge is 0.261 e. The third-order valence-electron chi connectivity index (χ3n) is 5.53. The number of hydrogen-bond donors (Lipinski definition) is 0. The maximum absolute atomic E-state index is 12.7. The summed E-state index contributed by atoms with van der Waals surface area (Å²) >= 11 is 1.75. The lowest BCUT2D eigenvalue weighted by Gasteiger charge is -2.38. The minimum absolute atomic E-state index is 0.0609. The summed E-state index contributed by atoms with van der Waals surface area (Å²) in [5, 5.41) is 1.04. The van der Waals surface area contributed by atoms with Crippen LogP contribution in [-0.2, 0) is 17.6 Å². The van der Waals surface area contributed by atoms with Crippen molar-refractivity contribution in [2.24, 2.45) is 0 Å². The lowest BCUT2D eigenvalue weighted by Crippen LogP contribution is -2.49. The zero-order valence-electron chi connectivity index (χ0n) is 15.0. The number of aromatic nitrogens is 2. The number of amides is 1. The summed E-state index contributed by atoms with van der Waals surface area (Å²) < 4.78 is 5.92. The SMILES string of the molecule is C[C@@H]1CCC[C@H](C)N1C(=O)COc1ncnc2sc3c(c12)CCCC3. The number of piperidine rings is 1. The number of ether oxygens (including phenoxy) is 1. The number of rotatable bonds is 3. The van der Waals surface area contributed by atoms with E-state index in [1.54, 1.807) is 17.7 Å². The van der Waals surface area contributed by atoms with E-state index in [1.807, 2.05) is 4.90 Å². The predicted molar refractivity (Wildman–Crippen MR) is 99.2 cm³/mol. The van der Waals surface area contributed by atoms with Crippen LogP contribution in [0.3, 0.4) is 0 Å². The number of thiophene rings is 1. The van der Waals surface area contributed by atoms with Crippen molar-refractivity contribution >= 4 is 27.5 Å². The van der Waals surface area contributed by atoms with Crippen LogP contribution < -0.4 is 4.74 Å². The van der Waals surface area contributed by atoms with E-state index in [2.05, 4.69) is 23.8 Å². The van der Waals surface area contributed by atoms with Gasteiger partial charge in [0.1, 0.15) is 11.2 Å². The molecular formula is C19H25N3O2S. The monoisotopic (exact) mass is 359 g/mol. The van der Waals surface area contributed by atoms with Gasteiger partial charge in [0.05, 0.1) is 5.39 Å². The summed E-state index contributed by atoms with van der Waals surface area (Å²) in [5.41, 5.74) is 1.34. The van der Waals surface area contributed by atoms with Gasteiger partial charge in [-0.1, -0.05) is 0 Å². The Hall–Kier alpha value is -1.69. The van der Waals surface area contributed by atoms with Crippen molar-refractivity contribution in [2.75, 3.05) is 6.61 Å². The topological polar surface area (TPSA) is 55.3 Å². The van der Waals surface area contributed by atoms with Crippen LogP contribution in [0, 0.1) is 0 Å². The normalized spacial score (nSPS) is 23.5.